The van der Waals surface area contributed by atoms with E-state index in [0.717, 1.165) is 0 Å². The van der Waals surface area contributed by atoms with Gasteiger partial charge in [-0.05, 0) is 50.7 Å². The molecule has 0 aromatic heterocycles. The summed E-state index contributed by atoms with van der Waals surface area (Å²) >= 11 is 0. The Balaban J connectivity index is 1.88. The number of carbonyl (C=O) groups excluding carboxylic acids is 4. The molecule has 4 aliphatic carbocycles. The van der Waals surface area contributed by atoms with E-state index in [1.165, 1.54) is 19.1 Å². The van der Waals surface area contributed by atoms with Crippen LogP contribution in [-0.2, 0) is 19.2 Å². The zero-order valence-corrected chi connectivity index (χ0v) is 16.7. The second-order valence-electron chi connectivity index (χ2n) is 9.58. The Hall–Kier alpha value is -1.99. The standard InChI is InChI=1S/C22H25FO6/c1-11-8-20(3)14(7-15(11)25)16(26)6-13-12-4-5-21(29,18(28)10-24)19(12,2)9-17(27)22(13,20)23/h7-8,10,12-13,17,27,29H,4-6,9H2,1-3H3/t12-,13-,17?,19-,20-,21-,22-/m0/s1. The molecule has 0 aliphatic heterocycles. The lowest BCUT2D eigenvalue weighted by Gasteiger charge is -2.62. The van der Waals surface area contributed by atoms with Crippen molar-refractivity contribution in [2.24, 2.45) is 22.7 Å². The van der Waals surface area contributed by atoms with Crippen molar-refractivity contribution >= 4 is 23.6 Å². The summed E-state index contributed by atoms with van der Waals surface area (Å²) < 4.78 is 16.9. The van der Waals surface area contributed by atoms with Crippen molar-refractivity contribution in [3.05, 3.63) is 23.3 Å². The molecule has 0 bridgehead atoms. The molecule has 0 heterocycles. The van der Waals surface area contributed by atoms with Gasteiger partial charge in [-0.1, -0.05) is 13.0 Å². The predicted octanol–water partition coefficient (Wildman–Crippen LogP) is 1.43. The highest BCUT2D eigenvalue weighted by Crippen LogP contribution is 2.69. The van der Waals surface area contributed by atoms with Gasteiger partial charge in [-0.15, -0.1) is 0 Å². The van der Waals surface area contributed by atoms with Crippen LogP contribution in [0.3, 0.4) is 0 Å². The third kappa shape index (κ3) is 2.12. The number of halogens is 1. The molecule has 0 saturated heterocycles. The Labute approximate surface area is 167 Å². The lowest BCUT2D eigenvalue weighted by Crippen LogP contribution is -2.70. The Morgan fingerprint density at radius 2 is 1.93 bits per heavy atom. The summed E-state index contributed by atoms with van der Waals surface area (Å²) in [6.07, 6.45) is 0.904. The number of aliphatic hydroxyl groups is 2. The first-order valence-corrected chi connectivity index (χ1v) is 9.95. The van der Waals surface area contributed by atoms with Crippen molar-refractivity contribution in [2.75, 3.05) is 0 Å². The maximum Gasteiger partial charge on any atom is 0.227 e. The Bertz CT molecular complexity index is 920. The summed E-state index contributed by atoms with van der Waals surface area (Å²) in [6.45, 7) is 4.68. The number of Topliss-reactive ketones (excluding diaryl/α,β-unsaturated/α-hetero) is 2. The molecule has 156 valence electrons. The van der Waals surface area contributed by atoms with Crippen molar-refractivity contribution in [3.63, 3.8) is 0 Å². The van der Waals surface area contributed by atoms with Crippen molar-refractivity contribution in [3.8, 4) is 0 Å². The van der Waals surface area contributed by atoms with Crippen molar-refractivity contribution in [1.29, 1.82) is 0 Å². The summed E-state index contributed by atoms with van der Waals surface area (Å²) in [5.41, 5.74) is -6.58. The van der Waals surface area contributed by atoms with Gasteiger partial charge in [-0.2, -0.15) is 0 Å². The van der Waals surface area contributed by atoms with Gasteiger partial charge >= 0.3 is 0 Å². The van der Waals surface area contributed by atoms with Crippen molar-refractivity contribution in [2.45, 2.75) is 63.8 Å². The van der Waals surface area contributed by atoms with Gasteiger partial charge in [0.05, 0.1) is 11.5 Å². The maximum atomic E-state index is 16.9. The van der Waals surface area contributed by atoms with E-state index in [1.54, 1.807) is 13.8 Å². The minimum atomic E-state index is -2.24. The van der Waals surface area contributed by atoms with E-state index in [0.29, 0.717) is 5.57 Å². The number of alkyl halides is 1. The molecule has 0 aromatic carbocycles. The van der Waals surface area contributed by atoms with Crippen LogP contribution in [0.1, 0.15) is 46.5 Å². The van der Waals surface area contributed by atoms with Crippen molar-refractivity contribution < 1.29 is 33.8 Å². The van der Waals surface area contributed by atoms with Crippen LogP contribution in [0.4, 0.5) is 4.39 Å². The molecule has 29 heavy (non-hydrogen) atoms. The first kappa shape index (κ1) is 20.3. The average Bonchev–Trinajstić information content (AvgIpc) is 2.91. The SMILES string of the molecule is CC1=C[C@@]2(C)C(=CC1=O)C(=O)C[C@H]1[C@@H]3CC[C@](O)(C(=O)C=O)[C@@]3(C)CC(O)[C@@]12F. The number of aliphatic hydroxyl groups excluding tert-OH is 1. The molecule has 0 amide bonds. The number of fused-ring (bicyclic) bond motifs is 5. The fourth-order valence-corrected chi connectivity index (χ4v) is 6.83. The largest absolute Gasteiger partial charge is 0.390 e. The van der Waals surface area contributed by atoms with Gasteiger partial charge in [-0.3, -0.25) is 19.2 Å². The number of hydrogen-bond donors (Lipinski definition) is 2. The van der Waals surface area contributed by atoms with Crippen LogP contribution in [0, 0.1) is 22.7 Å². The van der Waals surface area contributed by atoms with Gasteiger partial charge in [0.15, 0.2) is 23.5 Å². The second kappa shape index (κ2) is 5.79. The van der Waals surface area contributed by atoms with Gasteiger partial charge in [0.25, 0.3) is 0 Å². The summed E-state index contributed by atoms with van der Waals surface area (Å²) in [5, 5.41) is 22.1. The zero-order chi connectivity index (χ0) is 21.6. The molecule has 7 atom stereocenters. The summed E-state index contributed by atoms with van der Waals surface area (Å²) in [4.78, 5) is 48.5. The minimum absolute atomic E-state index is 0.0218. The topological polar surface area (TPSA) is 109 Å². The lowest BCUT2D eigenvalue weighted by atomic mass is 9.44. The molecule has 4 rings (SSSR count). The Morgan fingerprint density at radius 3 is 2.55 bits per heavy atom. The van der Waals surface area contributed by atoms with Crippen LogP contribution in [0.25, 0.3) is 0 Å². The van der Waals surface area contributed by atoms with E-state index >= 15 is 4.39 Å². The number of carbonyl (C=O) groups is 4. The van der Waals surface area contributed by atoms with Crippen LogP contribution >= 0.6 is 0 Å². The molecule has 0 radical (unpaired) electrons. The summed E-state index contributed by atoms with van der Waals surface area (Å²) in [5.74, 6) is -3.21. The van der Waals surface area contributed by atoms with Crippen LogP contribution < -0.4 is 0 Å². The van der Waals surface area contributed by atoms with Crippen molar-refractivity contribution in [1.82, 2.24) is 0 Å². The molecule has 7 heteroatoms. The molecule has 0 spiro atoms. The van der Waals surface area contributed by atoms with E-state index in [-0.39, 0.29) is 49.1 Å². The van der Waals surface area contributed by atoms with Crippen LogP contribution in [0.5, 0.6) is 0 Å². The smallest absolute Gasteiger partial charge is 0.227 e. The molecule has 6 nitrogen and oxygen atoms in total. The Kier molecular flexibility index (Phi) is 4.05. The second-order valence-corrected chi connectivity index (χ2v) is 9.58. The summed E-state index contributed by atoms with van der Waals surface area (Å²) in [6, 6.07) is 0. The van der Waals surface area contributed by atoms with Crippen LogP contribution in [-0.4, -0.2) is 51.2 Å². The first-order valence-electron chi connectivity index (χ1n) is 9.95. The van der Waals surface area contributed by atoms with Gasteiger partial charge in [0.1, 0.15) is 5.60 Å². The molecular formula is C22H25FO6. The van der Waals surface area contributed by atoms with E-state index < -0.39 is 45.8 Å². The predicted molar refractivity (Wildman–Crippen MR) is 99.4 cm³/mol. The highest BCUT2D eigenvalue weighted by atomic mass is 19.1. The number of hydrogen-bond acceptors (Lipinski definition) is 6. The van der Waals surface area contributed by atoms with Crippen LogP contribution in [0.15, 0.2) is 23.3 Å². The van der Waals surface area contributed by atoms with E-state index in [2.05, 4.69) is 0 Å². The normalized spacial score (nSPS) is 48.8. The van der Waals surface area contributed by atoms with Gasteiger partial charge < -0.3 is 10.2 Å². The van der Waals surface area contributed by atoms with E-state index in [9.17, 15) is 29.4 Å². The monoisotopic (exact) mass is 404 g/mol. The highest BCUT2D eigenvalue weighted by Gasteiger charge is 2.75. The Morgan fingerprint density at radius 1 is 1.28 bits per heavy atom. The van der Waals surface area contributed by atoms with E-state index in [1.807, 2.05) is 0 Å². The lowest BCUT2D eigenvalue weighted by molar-refractivity contribution is -0.215. The highest BCUT2D eigenvalue weighted by molar-refractivity contribution is 6.29. The van der Waals surface area contributed by atoms with E-state index in [4.69, 9.17) is 0 Å². The minimum Gasteiger partial charge on any atom is -0.390 e. The number of ketones is 3. The van der Waals surface area contributed by atoms with Gasteiger partial charge in [-0.25, -0.2) is 4.39 Å². The molecule has 0 aromatic rings. The zero-order valence-electron chi connectivity index (χ0n) is 16.7. The third-order valence-electron chi connectivity index (χ3n) is 8.45. The molecular weight excluding hydrogens is 379 g/mol. The quantitative estimate of drug-likeness (QED) is 0.532. The molecule has 1 unspecified atom stereocenters. The number of aldehydes is 1. The fraction of sp³-hybridized carbons (Fsp3) is 0.636. The first-order chi connectivity index (χ1) is 13.4. The average molecular weight is 404 g/mol. The maximum absolute atomic E-state index is 16.9. The third-order valence-corrected chi connectivity index (χ3v) is 8.45. The summed E-state index contributed by atoms with van der Waals surface area (Å²) in [7, 11) is 0. The molecule has 3 fully saturated rings. The fourth-order valence-electron chi connectivity index (χ4n) is 6.83. The van der Waals surface area contributed by atoms with Gasteiger partial charge in [0, 0.05) is 23.3 Å². The number of rotatable bonds is 2. The van der Waals surface area contributed by atoms with Gasteiger partial charge in [0.2, 0.25) is 5.78 Å². The molecule has 2 N–H and O–H groups in total. The molecule has 4 aliphatic rings. The van der Waals surface area contributed by atoms with Crippen LogP contribution in [0.2, 0.25) is 0 Å². The molecule has 3 saturated carbocycles. The number of allylic oxidation sites excluding steroid dienone is 4.